The van der Waals surface area contributed by atoms with Crippen molar-refractivity contribution in [2.75, 3.05) is 0 Å². The fourth-order valence-electron chi connectivity index (χ4n) is 17.5. The molecule has 2 heterocycles. The van der Waals surface area contributed by atoms with Gasteiger partial charge in [0.1, 0.15) is 0 Å². The molecule has 385 valence electrons. The summed E-state index contributed by atoms with van der Waals surface area (Å²) >= 11 is 0. The molecule has 0 aromatic carbocycles. The van der Waals surface area contributed by atoms with E-state index in [1.807, 2.05) is 0 Å². The second-order valence-corrected chi connectivity index (χ2v) is 39.1. The van der Waals surface area contributed by atoms with Gasteiger partial charge in [-0.25, -0.2) is 0 Å². The van der Waals surface area contributed by atoms with Crippen LogP contribution in [0.4, 0.5) is 0 Å². The predicted octanol–water partition coefficient (Wildman–Crippen LogP) is 15.4. The number of rotatable bonds is 4. The third-order valence-corrected chi connectivity index (χ3v) is 32.4. The van der Waals surface area contributed by atoms with E-state index in [9.17, 15) is 0 Å². The van der Waals surface area contributed by atoms with Crippen molar-refractivity contribution in [1.29, 1.82) is 0 Å². The minimum Gasteiger partial charge on any atom is -0.413 e. The molecule has 17 atom stereocenters. The molecule has 67 heavy (non-hydrogen) atoms. The van der Waals surface area contributed by atoms with Gasteiger partial charge in [-0.15, -0.1) is 0 Å². The Morgan fingerprint density at radius 3 is 1.55 bits per heavy atom. The predicted molar refractivity (Wildman–Crippen MR) is 271 cm³/mol. The van der Waals surface area contributed by atoms with Gasteiger partial charge in [0.2, 0.25) is 0 Å². The van der Waals surface area contributed by atoms with Crippen molar-refractivity contribution < 1.29 is 64.3 Å². The van der Waals surface area contributed by atoms with Gasteiger partial charge in [0, 0.05) is 42.5 Å². The maximum atomic E-state index is 7.20. The van der Waals surface area contributed by atoms with Crippen LogP contribution in [0.2, 0.25) is 36.3 Å². The third kappa shape index (κ3) is 8.66. The van der Waals surface area contributed by atoms with Gasteiger partial charge in [0.25, 0.3) is 0 Å². The van der Waals surface area contributed by atoms with Crippen LogP contribution in [0.1, 0.15) is 200 Å². The molecule has 0 bridgehead atoms. The normalized spacial score (nSPS) is 48.2. The number of fused-ring (bicyclic) bond motifs is 16. The third-order valence-electron chi connectivity index (χ3n) is 23.4. The van der Waals surface area contributed by atoms with E-state index >= 15 is 0 Å². The minimum atomic E-state index is -1.81. The summed E-state index contributed by atoms with van der Waals surface area (Å²) in [5.41, 5.74) is 3.19. The molecule has 10 heteroatoms. The molecule has 7 saturated carbocycles. The van der Waals surface area contributed by atoms with Crippen LogP contribution in [0.3, 0.4) is 0 Å². The Bertz CT molecular complexity index is 1860. The van der Waals surface area contributed by atoms with Crippen molar-refractivity contribution in [2.24, 2.45) is 62.6 Å². The molecule has 10 aliphatic rings. The van der Waals surface area contributed by atoms with E-state index in [4.69, 9.17) is 27.8 Å². The fraction of sp³-hybridized carbons (Fsp3) is 0.965. The quantitative estimate of drug-likeness (QED) is 0.207. The molecule has 6 unspecified atom stereocenters. The first-order valence-electron chi connectivity index (χ1n) is 27.5. The van der Waals surface area contributed by atoms with E-state index in [0.717, 1.165) is 0 Å². The van der Waals surface area contributed by atoms with E-state index in [0.29, 0.717) is 58.5 Å². The molecule has 1 radical (unpaired) electrons. The summed E-state index contributed by atoms with van der Waals surface area (Å²) in [7, 11) is -3.61. The Balaban J connectivity index is 0.000000193. The Labute approximate surface area is 437 Å². The molecule has 9 fully saturated rings. The van der Waals surface area contributed by atoms with Crippen molar-refractivity contribution in [1.82, 2.24) is 0 Å². The van der Waals surface area contributed by atoms with Crippen LogP contribution in [0.5, 0.6) is 0 Å². The largest absolute Gasteiger partial charge is 0.413 e. The van der Waals surface area contributed by atoms with Gasteiger partial charge in [-0.05, 0) is 191 Å². The average molecular weight is 1070 g/mol. The molecular formula is C57H100CuO6Si2Zn. The molecule has 10 rings (SSSR count). The SMILES string of the molecule is CC1(C)O[C@@H]2C3C(=CC[C@@]4(C)C3CC[C@@H]4O[Si](C)(C)C(C)(C)C)[C@@]3(C)CCCCC3[C@H]2O1.CC1(C)O[C@@H]2C3CCCC[C@]3(C)[C@@]3(C)CC[C@@]4(C)C(CC[C@@H]4O[Si](C)(C)C(C)(C)C)C3[C@H]2O1.[Cu].[Zn]. The van der Waals surface area contributed by atoms with Crippen LogP contribution in [0.15, 0.2) is 11.6 Å². The van der Waals surface area contributed by atoms with Gasteiger partial charge in [0.05, 0.1) is 36.6 Å². The monoisotopic (exact) mass is 1060 g/mol. The maximum absolute atomic E-state index is 7.20. The molecule has 2 aliphatic heterocycles. The summed E-state index contributed by atoms with van der Waals surface area (Å²) in [5.74, 6) is 2.72. The zero-order chi connectivity index (χ0) is 47.6. The maximum Gasteiger partial charge on any atom is 0.192 e. The van der Waals surface area contributed by atoms with E-state index in [-0.39, 0.29) is 87.3 Å². The van der Waals surface area contributed by atoms with E-state index in [1.165, 1.54) is 96.3 Å². The Hall–Kier alpha value is 1.08. The van der Waals surface area contributed by atoms with E-state index < -0.39 is 28.2 Å². The standard InChI is InChI=1S/C29H52O3Si.C28H48O3Si.Cu.Zn/c1-25(2,3)33(9,10)32-21-15-14-19-22-24-23(30-26(4,5)31-24)20-13-11-12-16-28(20,7)29(22,8)18-17-27(19,21)6;1-25(2,3)32(8,9)31-21-14-13-18-22-19(15-17-28(18,21)7)27(6)16-11-10-12-20(27)23-24(22)30-26(4,5)29-23;;/h19-24H,11-18H2,1-10H3;15,18,20-24H,10-14,16-17H2,1-9H3;;/t19?,20?,21-,22?,23+,24+,27-,28-,29-;18?,20?,21-,22?,23+,24+,27+,28-;;/m00../s1. The summed E-state index contributed by atoms with van der Waals surface area (Å²) in [6, 6.07) is 0. The van der Waals surface area contributed by atoms with Crippen LogP contribution >= 0.6 is 0 Å². The van der Waals surface area contributed by atoms with Crippen molar-refractivity contribution >= 4 is 16.6 Å². The first-order chi connectivity index (χ1) is 29.8. The van der Waals surface area contributed by atoms with Gasteiger partial charge < -0.3 is 27.8 Å². The van der Waals surface area contributed by atoms with Gasteiger partial charge in [-0.3, -0.25) is 0 Å². The topological polar surface area (TPSA) is 55.4 Å². The summed E-state index contributed by atoms with van der Waals surface area (Å²) in [6.45, 7) is 45.6. The van der Waals surface area contributed by atoms with E-state index in [1.54, 1.807) is 5.57 Å². The summed E-state index contributed by atoms with van der Waals surface area (Å²) < 4.78 is 41.4. The van der Waals surface area contributed by atoms with Gasteiger partial charge in [0.15, 0.2) is 28.2 Å². The van der Waals surface area contributed by atoms with Crippen molar-refractivity contribution in [3.05, 3.63) is 11.6 Å². The Morgan fingerprint density at radius 1 is 0.507 bits per heavy atom. The van der Waals surface area contributed by atoms with Crippen LogP contribution in [0, 0.1) is 62.6 Å². The Morgan fingerprint density at radius 2 is 0.985 bits per heavy atom. The van der Waals surface area contributed by atoms with Crippen LogP contribution in [0.25, 0.3) is 0 Å². The van der Waals surface area contributed by atoms with Crippen molar-refractivity contribution in [3.63, 3.8) is 0 Å². The molecule has 2 saturated heterocycles. The zero-order valence-electron chi connectivity index (χ0n) is 46.6. The van der Waals surface area contributed by atoms with Crippen LogP contribution in [-0.4, -0.2) is 64.8 Å². The fourth-order valence-corrected chi connectivity index (χ4v) is 20.4. The molecule has 0 aromatic heterocycles. The number of allylic oxidation sites excluding steroid dienone is 1. The van der Waals surface area contributed by atoms with Gasteiger partial charge >= 0.3 is 0 Å². The first-order valence-corrected chi connectivity index (χ1v) is 33.3. The molecule has 0 aromatic rings. The zero-order valence-corrected chi connectivity index (χ0v) is 52.5. The molecule has 6 nitrogen and oxygen atoms in total. The molecule has 8 aliphatic carbocycles. The van der Waals surface area contributed by atoms with Crippen LogP contribution in [-0.2, 0) is 64.3 Å². The smallest absolute Gasteiger partial charge is 0.192 e. The Kier molecular flexibility index (Phi) is 14.9. The average Bonchev–Trinajstić information content (AvgIpc) is 3.89. The van der Waals surface area contributed by atoms with Gasteiger partial charge in [-0.1, -0.05) is 113 Å². The van der Waals surface area contributed by atoms with E-state index in [2.05, 4.69) is 136 Å². The van der Waals surface area contributed by atoms with Crippen molar-refractivity contribution in [3.8, 4) is 0 Å². The minimum absolute atomic E-state index is 0. The summed E-state index contributed by atoms with van der Waals surface area (Å²) in [4.78, 5) is 0. The summed E-state index contributed by atoms with van der Waals surface area (Å²) in [6.07, 6.45) is 24.0. The van der Waals surface area contributed by atoms with Crippen LogP contribution < -0.4 is 0 Å². The second-order valence-electron chi connectivity index (χ2n) is 29.6. The molecular weight excluding hydrogens is 966 g/mol. The molecule has 0 spiro atoms. The van der Waals surface area contributed by atoms with Gasteiger partial charge in [-0.2, -0.15) is 0 Å². The molecule has 0 N–H and O–H groups in total. The first kappa shape index (κ1) is 55.8. The number of hydrogen-bond donors (Lipinski definition) is 0. The number of hydrogen-bond acceptors (Lipinski definition) is 6. The molecule has 0 amide bonds. The number of ether oxygens (including phenoxy) is 4. The second kappa shape index (κ2) is 17.9. The summed E-state index contributed by atoms with van der Waals surface area (Å²) in [5, 5.41) is 0.512. The van der Waals surface area contributed by atoms with Crippen molar-refractivity contribution in [2.45, 2.75) is 285 Å².